The molecule has 0 fully saturated rings. The summed E-state index contributed by atoms with van der Waals surface area (Å²) < 4.78 is 0. The summed E-state index contributed by atoms with van der Waals surface area (Å²) in [6.45, 7) is 14.3. The van der Waals surface area contributed by atoms with Gasteiger partial charge in [0.05, 0.1) is 7.74 Å². The van der Waals surface area contributed by atoms with Gasteiger partial charge in [-0.25, -0.2) is 0 Å². The van der Waals surface area contributed by atoms with Crippen LogP contribution in [0.25, 0.3) is 0 Å². The Balaban J connectivity index is 0. The molecule has 0 aromatic heterocycles. The van der Waals surface area contributed by atoms with E-state index in [2.05, 4.69) is 57.7 Å². The van der Waals surface area contributed by atoms with Gasteiger partial charge in [-0.2, -0.15) is 0 Å². The zero-order chi connectivity index (χ0) is 11.3. The monoisotopic (exact) mass is 281 g/mol. The Bertz CT molecular complexity index is 107. The maximum absolute atomic E-state index is 2.44. The van der Waals surface area contributed by atoms with E-state index in [1.807, 2.05) is 0 Å². The molecule has 3 heteroatoms. The van der Waals surface area contributed by atoms with Gasteiger partial charge in [0.15, 0.2) is 0 Å². The topological polar surface area (TPSA) is 0 Å². The molecule has 0 N–H and O–H groups in total. The summed E-state index contributed by atoms with van der Waals surface area (Å²) in [5.74, 6) is 7.00. The van der Waals surface area contributed by atoms with E-state index in [1.54, 1.807) is 0 Å². The van der Waals surface area contributed by atoms with Crippen molar-refractivity contribution in [3.05, 3.63) is 0 Å². The molecular formula is C10H28GePSi. The van der Waals surface area contributed by atoms with Crippen LogP contribution in [0.2, 0.25) is 36.9 Å². The van der Waals surface area contributed by atoms with Crippen molar-refractivity contribution in [2.24, 2.45) is 0 Å². The second-order valence-electron chi connectivity index (χ2n) is 6.12. The van der Waals surface area contributed by atoms with E-state index < -0.39 is 7.74 Å². The Hall–Kier alpha value is 1.19. The maximum atomic E-state index is 2.44. The van der Waals surface area contributed by atoms with Crippen molar-refractivity contribution in [2.75, 3.05) is 0 Å². The second-order valence-corrected chi connectivity index (χ2v) is 23.9. The van der Waals surface area contributed by atoms with Gasteiger partial charge in [-0.05, 0) is 5.16 Å². The van der Waals surface area contributed by atoms with Gasteiger partial charge in [-0.15, -0.1) is 8.13 Å². The third kappa shape index (κ3) is 31.9. The molecule has 0 bridgehead atoms. The molecular weight excluding hydrogens is 252 g/mol. The quantitative estimate of drug-likeness (QED) is 0.483. The molecule has 0 spiro atoms. The minimum atomic E-state index is -0.765. The molecule has 0 aliphatic heterocycles. The molecule has 0 saturated carbocycles. The van der Waals surface area contributed by atoms with E-state index in [4.69, 9.17) is 0 Å². The van der Waals surface area contributed by atoms with Crippen molar-refractivity contribution in [1.29, 1.82) is 0 Å². The molecule has 0 aliphatic rings. The average Bonchev–Trinajstić information content (AvgIpc) is 1.47. The van der Waals surface area contributed by atoms with Crippen LogP contribution in [0, 0.1) is 0 Å². The molecule has 1 radical (unpaired) electrons. The molecule has 0 heterocycles. The van der Waals surface area contributed by atoms with E-state index in [9.17, 15) is 0 Å². The molecule has 0 nitrogen and oxygen atoms in total. The van der Waals surface area contributed by atoms with Crippen LogP contribution in [0.3, 0.4) is 0 Å². The van der Waals surface area contributed by atoms with Gasteiger partial charge in [0.2, 0.25) is 0 Å². The van der Waals surface area contributed by atoms with Crippen LogP contribution in [0.15, 0.2) is 0 Å². The molecule has 1 unspecified atom stereocenters. The van der Waals surface area contributed by atoms with Crippen LogP contribution in [0.5, 0.6) is 0 Å². The summed E-state index contributed by atoms with van der Waals surface area (Å²) in [4.78, 5) is 0. The second kappa shape index (κ2) is 6.63. The molecule has 0 rings (SSSR count). The first-order valence-corrected chi connectivity index (χ1v) is 16.8. The van der Waals surface area contributed by atoms with Gasteiger partial charge in [-0.3, -0.25) is 0 Å². The van der Waals surface area contributed by atoms with Crippen molar-refractivity contribution >= 4 is 30.2 Å². The molecule has 0 aliphatic carbocycles. The molecule has 0 aromatic carbocycles. The SMILES string of the molecule is CC(C)(C)P[Si](C)(C)C.[CH3][Ge]([CH3])[CH3]. The Morgan fingerprint density at radius 3 is 1.15 bits per heavy atom. The average molecular weight is 280 g/mol. The van der Waals surface area contributed by atoms with Gasteiger partial charge in [-0.1, -0.05) is 40.4 Å². The fourth-order valence-electron chi connectivity index (χ4n) is 1.12. The van der Waals surface area contributed by atoms with Crippen LogP contribution in [-0.4, -0.2) is 27.2 Å². The van der Waals surface area contributed by atoms with E-state index >= 15 is 0 Å². The zero-order valence-electron chi connectivity index (χ0n) is 11.0. The summed E-state index contributed by atoms with van der Waals surface area (Å²) in [5.41, 5.74) is 0. The first kappa shape index (κ1) is 16.6. The molecule has 0 aromatic rings. The Morgan fingerprint density at radius 2 is 1.15 bits per heavy atom. The first-order chi connectivity index (χ1) is 5.44. The molecule has 0 saturated heterocycles. The predicted octanol–water partition coefficient (Wildman–Crippen LogP) is 4.67. The molecule has 0 amide bonds. The van der Waals surface area contributed by atoms with E-state index in [1.165, 1.54) is 8.13 Å². The van der Waals surface area contributed by atoms with Gasteiger partial charge < -0.3 is 0 Å². The fourth-order valence-corrected chi connectivity index (χ4v) is 10.1. The third-order valence-electron chi connectivity index (χ3n) is 0.750. The molecule has 81 valence electrons. The van der Waals surface area contributed by atoms with Crippen LogP contribution in [0.4, 0.5) is 0 Å². The molecule has 13 heavy (non-hydrogen) atoms. The van der Waals surface area contributed by atoms with Crippen LogP contribution in [-0.2, 0) is 0 Å². The van der Waals surface area contributed by atoms with Crippen molar-refractivity contribution in [1.82, 2.24) is 0 Å². The van der Waals surface area contributed by atoms with Crippen LogP contribution >= 0.6 is 8.13 Å². The van der Waals surface area contributed by atoms with E-state index in [0.717, 1.165) is 0 Å². The summed E-state index contributed by atoms with van der Waals surface area (Å²) in [7, 11) is 0.425. The van der Waals surface area contributed by atoms with E-state index in [0.29, 0.717) is 5.16 Å². The Labute approximate surface area is 93.0 Å². The standard InChI is InChI=1S/C7H19PSi.C3H9Ge/c1-7(2,3)8-9(4,5)6;1-4(2)3/h8H,1-6H3;1-3H3. The fraction of sp³-hybridized carbons (Fsp3) is 1.00. The van der Waals surface area contributed by atoms with E-state index in [-0.39, 0.29) is 14.3 Å². The van der Waals surface area contributed by atoms with Gasteiger partial charge in [0, 0.05) is 0 Å². The summed E-state index contributed by atoms with van der Waals surface area (Å²) in [6, 6.07) is 0. The van der Waals surface area contributed by atoms with Gasteiger partial charge in [0.25, 0.3) is 0 Å². The Kier molecular flexibility index (Phi) is 8.48. The third-order valence-corrected chi connectivity index (χ3v) is 6.75. The summed E-state index contributed by atoms with van der Waals surface area (Å²) in [5, 5.41) is 0.574. The van der Waals surface area contributed by atoms with Crippen molar-refractivity contribution in [3.8, 4) is 0 Å². The summed E-state index contributed by atoms with van der Waals surface area (Å²) in [6.07, 6.45) is 0. The number of hydrogen-bond donors (Lipinski definition) is 0. The Morgan fingerprint density at radius 1 is 0.923 bits per heavy atom. The predicted molar refractivity (Wildman–Crippen MR) is 74.8 cm³/mol. The van der Waals surface area contributed by atoms with Crippen molar-refractivity contribution in [3.63, 3.8) is 0 Å². The van der Waals surface area contributed by atoms with Gasteiger partial charge in [0.1, 0.15) is 0 Å². The normalized spacial score (nSPS) is 13.4. The summed E-state index contributed by atoms with van der Waals surface area (Å²) >= 11 is -0.333. The zero-order valence-corrected chi connectivity index (χ0v) is 15.1. The first-order valence-electron chi connectivity index (χ1n) is 5.00. The minimum absolute atomic E-state index is 0.333. The number of rotatable bonds is 1. The van der Waals surface area contributed by atoms with Crippen molar-refractivity contribution in [2.45, 2.75) is 62.8 Å². The molecule has 1 atom stereocenters. The van der Waals surface area contributed by atoms with Crippen LogP contribution < -0.4 is 0 Å². The van der Waals surface area contributed by atoms with Crippen LogP contribution in [0.1, 0.15) is 20.8 Å². The number of hydrogen-bond acceptors (Lipinski definition) is 0. The van der Waals surface area contributed by atoms with Gasteiger partial charge >= 0.3 is 31.6 Å². The van der Waals surface area contributed by atoms with Crippen molar-refractivity contribution < 1.29 is 0 Å².